The second-order valence-corrected chi connectivity index (χ2v) is 4.49. The number of hydrogen-bond donors (Lipinski definition) is 2. The summed E-state index contributed by atoms with van der Waals surface area (Å²) in [5.74, 6) is 2.21. The van der Waals surface area contributed by atoms with Gasteiger partial charge in [0.25, 0.3) is 0 Å². The van der Waals surface area contributed by atoms with Crippen LogP contribution in [-0.4, -0.2) is 16.8 Å². The van der Waals surface area contributed by atoms with Gasteiger partial charge in [0.05, 0.1) is 12.3 Å². The Bertz CT molecular complexity index is 500. The van der Waals surface area contributed by atoms with Gasteiger partial charge in [0.1, 0.15) is 11.6 Å². The molecule has 0 bridgehead atoms. The van der Waals surface area contributed by atoms with Crippen molar-refractivity contribution in [3.8, 4) is 17.0 Å². The van der Waals surface area contributed by atoms with Gasteiger partial charge in [-0.3, -0.25) is 5.10 Å². The van der Waals surface area contributed by atoms with E-state index in [0.29, 0.717) is 5.82 Å². The highest BCUT2D eigenvalue weighted by Gasteiger charge is 2.21. The van der Waals surface area contributed by atoms with Gasteiger partial charge in [-0.15, -0.1) is 0 Å². The third-order valence-electron chi connectivity index (χ3n) is 2.95. The number of ether oxygens (including phenoxy) is 1. The maximum Gasteiger partial charge on any atom is 0.145 e. The number of rotatable bonds is 4. The van der Waals surface area contributed by atoms with Gasteiger partial charge in [-0.2, -0.15) is 5.10 Å². The van der Waals surface area contributed by atoms with E-state index >= 15 is 0 Å². The molecule has 3 N–H and O–H groups in total. The fourth-order valence-electron chi connectivity index (χ4n) is 1.71. The van der Waals surface area contributed by atoms with Crippen molar-refractivity contribution in [3.63, 3.8) is 0 Å². The fraction of sp³-hybridized carbons (Fsp3) is 0.308. The van der Waals surface area contributed by atoms with Crippen LogP contribution in [0.25, 0.3) is 11.3 Å². The lowest BCUT2D eigenvalue weighted by Gasteiger charge is -2.05. The molecule has 1 fully saturated rings. The summed E-state index contributed by atoms with van der Waals surface area (Å²) >= 11 is 0. The number of anilines is 1. The molecule has 4 nitrogen and oxygen atoms in total. The van der Waals surface area contributed by atoms with E-state index in [4.69, 9.17) is 10.5 Å². The summed E-state index contributed by atoms with van der Waals surface area (Å²) in [6.45, 7) is 0.844. The maximum absolute atomic E-state index is 5.68. The molecule has 3 rings (SSSR count). The van der Waals surface area contributed by atoms with Crippen molar-refractivity contribution in [2.24, 2.45) is 5.92 Å². The summed E-state index contributed by atoms with van der Waals surface area (Å²) in [6, 6.07) is 9.80. The standard InChI is InChI=1S/C13H15N3O/c14-13-7-12(15-16-13)10-3-5-11(6-4-10)17-8-9-1-2-9/h3-7,9H,1-2,8H2,(H3,14,15,16). The third-order valence-corrected chi connectivity index (χ3v) is 2.95. The Balaban J connectivity index is 1.70. The van der Waals surface area contributed by atoms with E-state index < -0.39 is 0 Å². The molecule has 1 heterocycles. The topological polar surface area (TPSA) is 63.9 Å². The average Bonchev–Trinajstić information content (AvgIpc) is 3.09. The summed E-state index contributed by atoms with van der Waals surface area (Å²) in [5.41, 5.74) is 7.56. The monoisotopic (exact) mass is 229 g/mol. The molecule has 0 saturated heterocycles. The van der Waals surface area contributed by atoms with Crippen molar-refractivity contribution in [3.05, 3.63) is 30.3 Å². The normalized spacial score (nSPS) is 14.8. The highest BCUT2D eigenvalue weighted by atomic mass is 16.5. The van der Waals surface area contributed by atoms with Gasteiger partial charge in [-0.05, 0) is 48.6 Å². The first-order chi connectivity index (χ1) is 8.31. The molecule has 1 aliphatic rings. The van der Waals surface area contributed by atoms with Crippen LogP contribution in [0.3, 0.4) is 0 Å². The summed E-state index contributed by atoms with van der Waals surface area (Å²) in [6.07, 6.45) is 2.62. The Morgan fingerprint density at radius 2 is 2.06 bits per heavy atom. The summed E-state index contributed by atoms with van der Waals surface area (Å²) in [7, 11) is 0. The molecule has 0 unspecified atom stereocenters. The van der Waals surface area contributed by atoms with Gasteiger partial charge in [0.15, 0.2) is 0 Å². The zero-order valence-electron chi connectivity index (χ0n) is 9.52. The number of nitrogens with two attached hydrogens (primary N) is 1. The highest BCUT2D eigenvalue weighted by Crippen LogP contribution is 2.30. The number of aromatic nitrogens is 2. The van der Waals surface area contributed by atoms with Crippen molar-refractivity contribution < 1.29 is 4.74 Å². The van der Waals surface area contributed by atoms with Gasteiger partial charge >= 0.3 is 0 Å². The molecule has 1 aromatic carbocycles. The largest absolute Gasteiger partial charge is 0.493 e. The Morgan fingerprint density at radius 3 is 2.65 bits per heavy atom. The van der Waals surface area contributed by atoms with E-state index in [1.807, 2.05) is 30.3 Å². The Morgan fingerprint density at radius 1 is 1.29 bits per heavy atom. The van der Waals surface area contributed by atoms with E-state index in [0.717, 1.165) is 29.5 Å². The Labute approximate surface area is 99.8 Å². The quantitative estimate of drug-likeness (QED) is 0.846. The molecule has 2 aromatic rings. The molecule has 17 heavy (non-hydrogen) atoms. The van der Waals surface area contributed by atoms with Gasteiger partial charge in [0.2, 0.25) is 0 Å². The minimum absolute atomic E-state index is 0.508. The van der Waals surface area contributed by atoms with E-state index in [2.05, 4.69) is 10.2 Å². The van der Waals surface area contributed by atoms with Crippen LogP contribution in [0.5, 0.6) is 5.75 Å². The average molecular weight is 229 g/mol. The summed E-state index contributed by atoms with van der Waals surface area (Å²) in [5, 5.41) is 6.79. The number of nitrogens with zero attached hydrogens (tertiary/aromatic N) is 1. The third kappa shape index (κ3) is 2.41. The molecule has 0 spiro atoms. The van der Waals surface area contributed by atoms with Crippen LogP contribution >= 0.6 is 0 Å². The summed E-state index contributed by atoms with van der Waals surface area (Å²) < 4.78 is 5.68. The number of hydrogen-bond acceptors (Lipinski definition) is 3. The predicted octanol–water partition coefficient (Wildman–Crippen LogP) is 2.45. The minimum atomic E-state index is 0.508. The van der Waals surface area contributed by atoms with Crippen LogP contribution in [0.15, 0.2) is 30.3 Å². The van der Waals surface area contributed by atoms with Crippen molar-refractivity contribution in [1.29, 1.82) is 0 Å². The van der Waals surface area contributed by atoms with Crippen LogP contribution in [0.1, 0.15) is 12.8 Å². The van der Waals surface area contributed by atoms with E-state index in [1.165, 1.54) is 12.8 Å². The predicted molar refractivity (Wildman–Crippen MR) is 66.7 cm³/mol. The molecular formula is C13H15N3O. The number of H-pyrrole nitrogens is 1. The molecule has 0 radical (unpaired) electrons. The first-order valence-corrected chi connectivity index (χ1v) is 5.85. The van der Waals surface area contributed by atoms with Gasteiger partial charge in [-0.25, -0.2) is 0 Å². The SMILES string of the molecule is Nc1cc(-c2ccc(OCC3CC3)cc2)[nH]n1. The van der Waals surface area contributed by atoms with E-state index in [1.54, 1.807) is 0 Å². The maximum atomic E-state index is 5.68. The summed E-state index contributed by atoms with van der Waals surface area (Å²) in [4.78, 5) is 0. The molecule has 1 saturated carbocycles. The lowest BCUT2D eigenvalue weighted by molar-refractivity contribution is 0.300. The Hall–Kier alpha value is -1.97. The second-order valence-electron chi connectivity index (χ2n) is 4.49. The molecule has 0 amide bonds. The van der Waals surface area contributed by atoms with Crippen molar-refractivity contribution in [2.45, 2.75) is 12.8 Å². The molecule has 0 atom stereocenters. The number of nitrogen functional groups attached to an aromatic ring is 1. The van der Waals surface area contributed by atoms with Crippen LogP contribution in [0, 0.1) is 5.92 Å². The number of nitrogens with one attached hydrogen (secondary N) is 1. The van der Waals surface area contributed by atoms with Gasteiger partial charge in [0, 0.05) is 6.07 Å². The van der Waals surface area contributed by atoms with E-state index in [-0.39, 0.29) is 0 Å². The van der Waals surface area contributed by atoms with Gasteiger partial charge in [-0.1, -0.05) is 0 Å². The Kier molecular flexibility index (Phi) is 2.48. The van der Waals surface area contributed by atoms with Crippen LogP contribution in [-0.2, 0) is 0 Å². The molecule has 88 valence electrons. The zero-order valence-corrected chi connectivity index (χ0v) is 9.52. The van der Waals surface area contributed by atoms with Crippen LogP contribution in [0.4, 0.5) is 5.82 Å². The van der Waals surface area contributed by atoms with Crippen molar-refractivity contribution in [1.82, 2.24) is 10.2 Å². The number of benzene rings is 1. The second kappa shape index (κ2) is 4.13. The fourth-order valence-corrected chi connectivity index (χ4v) is 1.71. The first-order valence-electron chi connectivity index (χ1n) is 5.85. The lowest BCUT2D eigenvalue weighted by Crippen LogP contribution is -1.98. The zero-order chi connectivity index (χ0) is 11.7. The lowest BCUT2D eigenvalue weighted by atomic mass is 10.1. The van der Waals surface area contributed by atoms with E-state index in [9.17, 15) is 0 Å². The first kappa shape index (κ1) is 10.2. The smallest absolute Gasteiger partial charge is 0.145 e. The molecule has 4 heteroatoms. The minimum Gasteiger partial charge on any atom is -0.493 e. The molecule has 1 aliphatic carbocycles. The molecule has 0 aliphatic heterocycles. The van der Waals surface area contributed by atoms with Gasteiger partial charge < -0.3 is 10.5 Å². The van der Waals surface area contributed by atoms with Crippen LogP contribution < -0.4 is 10.5 Å². The van der Waals surface area contributed by atoms with Crippen molar-refractivity contribution in [2.75, 3.05) is 12.3 Å². The number of aromatic amines is 1. The molecular weight excluding hydrogens is 214 g/mol. The highest BCUT2D eigenvalue weighted by molar-refractivity contribution is 5.62. The molecule has 1 aromatic heterocycles. The van der Waals surface area contributed by atoms with Crippen LogP contribution in [0.2, 0.25) is 0 Å². The van der Waals surface area contributed by atoms with Crippen molar-refractivity contribution >= 4 is 5.82 Å².